The average molecular weight is 716 g/mol. The Morgan fingerprint density at radius 3 is 1.57 bits per heavy atom. The van der Waals surface area contributed by atoms with Gasteiger partial charge in [0.1, 0.15) is 22.3 Å². The first-order chi connectivity index (χ1) is 27.7. The molecule has 0 spiro atoms. The van der Waals surface area contributed by atoms with E-state index < -0.39 is 0 Å². The van der Waals surface area contributed by atoms with Crippen molar-refractivity contribution in [2.75, 3.05) is 0 Å². The molecule has 3 heterocycles. The summed E-state index contributed by atoms with van der Waals surface area (Å²) in [5.41, 5.74) is 8.41. The molecule has 0 unspecified atom stereocenters. The van der Waals surface area contributed by atoms with E-state index in [0.717, 1.165) is 98.6 Å². The van der Waals surface area contributed by atoms with Gasteiger partial charge in [-0.2, -0.15) is 0 Å². The molecule has 0 N–H and O–H groups in total. The summed E-state index contributed by atoms with van der Waals surface area (Å²) in [6.07, 6.45) is 0. The van der Waals surface area contributed by atoms with E-state index in [4.69, 9.17) is 23.8 Å². The Bertz CT molecular complexity index is 3560. The van der Waals surface area contributed by atoms with Crippen LogP contribution in [-0.2, 0) is 0 Å². The zero-order valence-corrected chi connectivity index (χ0v) is 29.9. The lowest BCUT2D eigenvalue weighted by Gasteiger charge is -2.13. The van der Waals surface area contributed by atoms with Gasteiger partial charge in [0, 0.05) is 38.2 Å². The van der Waals surface area contributed by atoms with Gasteiger partial charge in [-0.05, 0) is 92.0 Å². The summed E-state index contributed by atoms with van der Waals surface area (Å²) in [7, 11) is 0. The zero-order chi connectivity index (χ0) is 36.7. The molecule has 5 heteroatoms. The van der Waals surface area contributed by atoms with Crippen molar-refractivity contribution in [1.82, 2.24) is 15.0 Å². The van der Waals surface area contributed by atoms with Crippen molar-refractivity contribution in [2.45, 2.75) is 0 Å². The molecular weight excluding hydrogens is 687 g/mol. The van der Waals surface area contributed by atoms with Crippen molar-refractivity contribution >= 4 is 76.2 Å². The van der Waals surface area contributed by atoms with Crippen LogP contribution in [0.1, 0.15) is 0 Å². The molecule has 0 bridgehead atoms. The normalized spacial score (nSPS) is 11.9. The summed E-state index contributed by atoms with van der Waals surface area (Å²) in [6, 6.07) is 61.1. The summed E-state index contributed by atoms with van der Waals surface area (Å²) in [4.78, 5) is 15.7. The van der Waals surface area contributed by atoms with Crippen LogP contribution in [0.15, 0.2) is 185 Å². The number of fused-ring (bicyclic) bond motifs is 10. The zero-order valence-electron chi connectivity index (χ0n) is 29.9. The lowest BCUT2D eigenvalue weighted by Crippen LogP contribution is -2.00. The molecule has 56 heavy (non-hydrogen) atoms. The van der Waals surface area contributed by atoms with Gasteiger partial charge in [0.25, 0.3) is 0 Å². The van der Waals surface area contributed by atoms with E-state index in [1.165, 1.54) is 5.39 Å². The predicted octanol–water partition coefficient (Wildman–Crippen LogP) is 13.8. The van der Waals surface area contributed by atoms with E-state index in [1.807, 2.05) is 30.3 Å². The van der Waals surface area contributed by atoms with Gasteiger partial charge in [-0.25, -0.2) is 15.0 Å². The molecule has 9 aromatic carbocycles. The van der Waals surface area contributed by atoms with Crippen LogP contribution >= 0.6 is 0 Å². The molecule has 0 atom stereocenters. The fourth-order valence-electron chi connectivity index (χ4n) is 8.45. The van der Waals surface area contributed by atoms with Gasteiger partial charge in [-0.3, -0.25) is 0 Å². The van der Waals surface area contributed by atoms with E-state index in [1.54, 1.807) is 0 Å². The van der Waals surface area contributed by atoms with Gasteiger partial charge in [0.05, 0.1) is 0 Å². The van der Waals surface area contributed by atoms with Crippen LogP contribution in [0.25, 0.3) is 121 Å². The van der Waals surface area contributed by atoms with Crippen molar-refractivity contribution in [3.63, 3.8) is 0 Å². The maximum atomic E-state index is 6.33. The third kappa shape index (κ3) is 4.78. The van der Waals surface area contributed by atoms with Crippen molar-refractivity contribution in [1.29, 1.82) is 0 Å². The highest BCUT2D eigenvalue weighted by Gasteiger charge is 2.19. The summed E-state index contributed by atoms with van der Waals surface area (Å²) in [6.45, 7) is 0. The number of nitrogens with zero attached hydrogens (tertiary/aromatic N) is 3. The van der Waals surface area contributed by atoms with Crippen molar-refractivity contribution < 1.29 is 8.83 Å². The van der Waals surface area contributed by atoms with E-state index in [2.05, 4.69) is 146 Å². The van der Waals surface area contributed by atoms with Crippen LogP contribution in [0, 0.1) is 0 Å². The molecule has 0 radical (unpaired) electrons. The first-order valence-corrected chi connectivity index (χ1v) is 18.8. The third-order valence-corrected chi connectivity index (χ3v) is 11.1. The largest absolute Gasteiger partial charge is 0.456 e. The number of benzene rings is 9. The van der Waals surface area contributed by atoms with Gasteiger partial charge in [-0.15, -0.1) is 0 Å². The second-order valence-electron chi connectivity index (χ2n) is 14.4. The number of aromatic nitrogens is 3. The number of hydrogen-bond donors (Lipinski definition) is 0. The Morgan fingerprint density at radius 1 is 0.286 bits per heavy atom. The monoisotopic (exact) mass is 715 g/mol. The van der Waals surface area contributed by atoms with E-state index in [-0.39, 0.29) is 0 Å². The molecule has 260 valence electrons. The average Bonchev–Trinajstić information content (AvgIpc) is 3.84. The molecule has 0 aliphatic rings. The lowest BCUT2D eigenvalue weighted by atomic mass is 9.92. The fourth-order valence-corrected chi connectivity index (χ4v) is 8.45. The Hall–Kier alpha value is -7.63. The number of hydrogen-bond acceptors (Lipinski definition) is 5. The number of para-hydroxylation sites is 2. The van der Waals surface area contributed by atoms with Crippen molar-refractivity contribution in [2.24, 2.45) is 0 Å². The first kappa shape index (κ1) is 30.8. The maximum absolute atomic E-state index is 6.33. The smallest absolute Gasteiger partial charge is 0.164 e. The fraction of sp³-hybridized carbons (Fsp3) is 0. The van der Waals surface area contributed by atoms with Crippen LogP contribution in [0.2, 0.25) is 0 Å². The molecule has 0 saturated heterocycles. The molecule has 0 aliphatic carbocycles. The molecular formula is C51H29N3O2. The van der Waals surface area contributed by atoms with Crippen molar-refractivity contribution in [3.8, 4) is 45.3 Å². The van der Waals surface area contributed by atoms with Crippen LogP contribution < -0.4 is 0 Å². The van der Waals surface area contributed by atoms with E-state index >= 15 is 0 Å². The molecule has 5 nitrogen and oxygen atoms in total. The minimum Gasteiger partial charge on any atom is -0.456 e. The quantitative estimate of drug-likeness (QED) is 0.181. The molecule has 0 saturated carbocycles. The standard InChI is InChI=1S/C51H29N3O2/c1-2-11-31-26-34(21-20-30(31)10-1)49-52-50(35-22-24-38-33(27-35)23-25-46-47(38)40-14-5-7-17-43(40)56-46)54-51(53-49)36-28-32-12-3-4-13-37(32)42(29-36)39-16-9-19-45-48(39)41-15-6-8-18-44(41)55-45/h1-29H. The molecule has 0 aliphatic heterocycles. The van der Waals surface area contributed by atoms with Crippen LogP contribution in [0.4, 0.5) is 0 Å². The Balaban J connectivity index is 1.10. The second kappa shape index (κ2) is 11.9. The minimum absolute atomic E-state index is 0.603. The Labute approximate surface area is 320 Å². The molecule has 12 rings (SSSR count). The predicted molar refractivity (Wildman–Crippen MR) is 229 cm³/mol. The van der Waals surface area contributed by atoms with Gasteiger partial charge in [0.2, 0.25) is 0 Å². The van der Waals surface area contributed by atoms with E-state index in [0.29, 0.717) is 17.5 Å². The Morgan fingerprint density at radius 2 is 0.804 bits per heavy atom. The van der Waals surface area contributed by atoms with Crippen molar-refractivity contribution in [3.05, 3.63) is 176 Å². The summed E-state index contributed by atoms with van der Waals surface area (Å²) in [5.74, 6) is 1.82. The molecule has 0 amide bonds. The van der Waals surface area contributed by atoms with Gasteiger partial charge in [-0.1, -0.05) is 127 Å². The molecule has 3 aromatic heterocycles. The highest BCUT2D eigenvalue weighted by Crippen LogP contribution is 2.42. The van der Waals surface area contributed by atoms with Crippen LogP contribution in [-0.4, -0.2) is 15.0 Å². The lowest BCUT2D eigenvalue weighted by molar-refractivity contribution is 0.668. The van der Waals surface area contributed by atoms with E-state index in [9.17, 15) is 0 Å². The molecule has 0 fully saturated rings. The SMILES string of the molecule is c1ccc2cc(-c3nc(-c4cc(-c5cccc6oc7ccccc7c56)c5ccccc5c4)nc(-c4ccc5c(ccc6oc7ccccc7c65)c4)n3)ccc2c1. The summed E-state index contributed by atoms with van der Waals surface area (Å²) in [5, 5.41) is 11.1. The summed E-state index contributed by atoms with van der Waals surface area (Å²) < 4.78 is 12.5. The maximum Gasteiger partial charge on any atom is 0.164 e. The van der Waals surface area contributed by atoms with Gasteiger partial charge in [0.15, 0.2) is 17.5 Å². The third-order valence-electron chi connectivity index (χ3n) is 11.1. The van der Waals surface area contributed by atoms with Crippen LogP contribution in [0.5, 0.6) is 0 Å². The first-order valence-electron chi connectivity index (χ1n) is 18.8. The highest BCUT2D eigenvalue weighted by atomic mass is 16.3. The Kier molecular flexibility index (Phi) is 6.56. The second-order valence-corrected chi connectivity index (χ2v) is 14.4. The number of rotatable bonds is 4. The minimum atomic E-state index is 0.603. The van der Waals surface area contributed by atoms with Gasteiger partial charge < -0.3 is 8.83 Å². The van der Waals surface area contributed by atoms with Gasteiger partial charge >= 0.3 is 0 Å². The topological polar surface area (TPSA) is 65.0 Å². The summed E-state index contributed by atoms with van der Waals surface area (Å²) >= 11 is 0. The van der Waals surface area contributed by atoms with Crippen LogP contribution in [0.3, 0.4) is 0 Å². The molecule has 12 aromatic rings. The number of furan rings is 2. The highest BCUT2D eigenvalue weighted by molar-refractivity contribution is 6.19.